The number of halogens is 3. The summed E-state index contributed by atoms with van der Waals surface area (Å²) in [7, 11) is 1.55. The number of fused-ring (bicyclic) bond motifs is 1. The van der Waals surface area contributed by atoms with Crippen LogP contribution in [0.25, 0.3) is 6.08 Å². The van der Waals surface area contributed by atoms with E-state index in [-0.39, 0.29) is 11.4 Å². The first kappa shape index (κ1) is 25.8. The third kappa shape index (κ3) is 5.40. The monoisotopic (exact) mass is 662 g/mol. The molecule has 3 aromatic rings. The molecule has 0 saturated carbocycles. The molecule has 0 unspecified atom stereocenters. The Bertz CT molecular complexity index is 1520. The number of nitrogens with zero attached hydrogens (tertiary/aromatic N) is 3. The topological polar surface area (TPSA) is 87.3 Å². The highest BCUT2D eigenvalue weighted by molar-refractivity contribution is 14.1. The minimum atomic E-state index is -0.517. The Labute approximate surface area is 240 Å². The third-order valence-electron chi connectivity index (χ3n) is 5.42. The Balaban J connectivity index is 1.41. The number of carbonyl (C=O) groups excluding carboxylic acids is 1. The smallest absolute Gasteiger partial charge is 0.283 e. The fraction of sp³-hybridized carbons (Fsp3) is 0.0769. The van der Waals surface area contributed by atoms with Gasteiger partial charge in [0.25, 0.3) is 5.91 Å². The summed E-state index contributed by atoms with van der Waals surface area (Å²) >= 11 is 15.6. The molecule has 0 saturated heterocycles. The number of benzene rings is 3. The molecular weight excluding hydrogens is 646 g/mol. The first-order chi connectivity index (χ1) is 17.8. The van der Waals surface area contributed by atoms with Crippen molar-refractivity contribution >= 4 is 85.6 Å². The molecule has 186 valence electrons. The lowest BCUT2D eigenvalue weighted by Crippen LogP contribution is -2.35. The van der Waals surface area contributed by atoms with Gasteiger partial charge in [-0.05, 0) is 81.9 Å². The number of aliphatic imine (C=N–C) groups is 1. The first-order valence-corrected chi connectivity index (χ1v) is 13.5. The molecule has 0 radical (unpaired) electrons. The number of nitrogens with one attached hydrogen (secondary N) is 1. The van der Waals surface area contributed by atoms with Crippen molar-refractivity contribution in [2.24, 2.45) is 10.1 Å². The van der Waals surface area contributed by atoms with Gasteiger partial charge in [0.1, 0.15) is 11.7 Å². The zero-order chi connectivity index (χ0) is 26.1. The normalized spacial score (nSPS) is 16.0. The summed E-state index contributed by atoms with van der Waals surface area (Å²) in [5.74, 6) is 0.496. The van der Waals surface area contributed by atoms with Crippen LogP contribution >= 0.6 is 57.6 Å². The zero-order valence-corrected chi connectivity index (χ0v) is 23.7. The maximum atomic E-state index is 12.9. The Morgan fingerprint density at radius 3 is 2.62 bits per heavy atom. The molecule has 0 fully saturated rings. The van der Waals surface area contributed by atoms with Gasteiger partial charge < -0.3 is 9.47 Å². The molecule has 1 N–H and O–H groups in total. The molecule has 0 bridgehead atoms. The second-order valence-corrected chi connectivity index (χ2v) is 10.8. The van der Waals surface area contributed by atoms with Crippen LogP contribution in [0.1, 0.15) is 16.7 Å². The molecule has 2 heterocycles. The molecule has 0 spiro atoms. The highest BCUT2D eigenvalue weighted by Crippen LogP contribution is 2.37. The summed E-state index contributed by atoms with van der Waals surface area (Å²) in [6, 6.07) is 18.3. The minimum absolute atomic E-state index is 0.0680. The molecular formula is C26H17Cl2IN4O3S. The van der Waals surface area contributed by atoms with Crippen LogP contribution < -0.4 is 9.47 Å². The van der Waals surface area contributed by atoms with Gasteiger partial charge >= 0.3 is 0 Å². The van der Waals surface area contributed by atoms with Gasteiger partial charge in [-0.3, -0.25) is 10.2 Å². The predicted octanol–water partition coefficient (Wildman–Crippen LogP) is 6.85. The Morgan fingerprint density at radius 1 is 1.14 bits per heavy atom. The van der Waals surface area contributed by atoms with Gasteiger partial charge in [-0.1, -0.05) is 53.5 Å². The van der Waals surface area contributed by atoms with E-state index < -0.39 is 5.91 Å². The van der Waals surface area contributed by atoms with Gasteiger partial charge in [-0.2, -0.15) is 15.1 Å². The number of thioether (sulfide) groups is 1. The fourth-order valence-corrected chi connectivity index (χ4v) is 5.72. The van der Waals surface area contributed by atoms with Crippen molar-refractivity contribution in [2.75, 3.05) is 7.11 Å². The van der Waals surface area contributed by atoms with Crippen LogP contribution in [0, 0.1) is 8.98 Å². The van der Waals surface area contributed by atoms with Gasteiger partial charge in [0.05, 0.1) is 21.3 Å². The highest BCUT2D eigenvalue weighted by Gasteiger charge is 2.36. The van der Waals surface area contributed by atoms with Crippen LogP contribution in [0.2, 0.25) is 10.0 Å². The summed E-state index contributed by atoms with van der Waals surface area (Å²) in [6.07, 6.45) is 1.60. The molecule has 3 aromatic carbocycles. The summed E-state index contributed by atoms with van der Waals surface area (Å²) < 4.78 is 12.4. The largest absolute Gasteiger partial charge is 0.493 e. The number of rotatable bonds is 6. The Morgan fingerprint density at radius 2 is 1.89 bits per heavy atom. The van der Waals surface area contributed by atoms with Gasteiger partial charge in [0.2, 0.25) is 5.17 Å². The van der Waals surface area contributed by atoms with E-state index in [1.807, 2.05) is 48.5 Å². The summed E-state index contributed by atoms with van der Waals surface area (Å²) in [5, 5.41) is 16.6. The Kier molecular flexibility index (Phi) is 7.57. The number of hydrazone groups is 1. The number of amidine groups is 2. The van der Waals surface area contributed by atoms with Crippen LogP contribution in [0.5, 0.6) is 11.5 Å². The minimum Gasteiger partial charge on any atom is -0.493 e. The van der Waals surface area contributed by atoms with Crippen LogP contribution in [-0.2, 0) is 11.4 Å². The molecule has 0 aliphatic carbocycles. The highest BCUT2D eigenvalue weighted by atomic mass is 127. The second-order valence-electron chi connectivity index (χ2n) is 7.85. The lowest BCUT2D eigenvalue weighted by Gasteiger charge is -2.20. The van der Waals surface area contributed by atoms with E-state index in [4.69, 9.17) is 38.1 Å². The van der Waals surface area contributed by atoms with E-state index in [1.54, 1.807) is 25.3 Å². The molecule has 0 atom stereocenters. The molecule has 7 nitrogen and oxygen atoms in total. The molecule has 11 heteroatoms. The molecule has 1 amide bonds. The van der Waals surface area contributed by atoms with Crippen molar-refractivity contribution in [3.63, 3.8) is 0 Å². The van der Waals surface area contributed by atoms with E-state index >= 15 is 0 Å². The maximum absolute atomic E-state index is 12.9. The van der Waals surface area contributed by atoms with E-state index in [2.05, 4.69) is 32.7 Å². The maximum Gasteiger partial charge on any atom is 0.283 e. The van der Waals surface area contributed by atoms with Crippen molar-refractivity contribution < 1.29 is 14.3 Å². The number of methoxy groups -OCH3 is 1. The van der Waals surface area contributed by atoms with Crippen LogP contribution in [0.3, 0.4) is 0 Å². The van der Waals surface area contributed by atoms with Crippen LogP contribution in [-0.4, -0.2) is 34.1 Å². The molecule has 5 rings (SSSR count). The number of ether oxygens (including phenoxy) is 2. The number of amides is 1. The van der Waals surface area contributed by atoms with Crippen molar-refractivity contribution in [3.8, 4) is 11.5 Å². The van der Waals surface area contributed by atoms with E-state index in [0.29, 0.717) is 49.5 Å². The van der Waals surface area contributed by atoms with Gasteiger partial charge in [0, 0.05) is 10.6 Å². The summed E-state index contributed by atoms with van der Waals surface area (Å²) in [5.41, 5.74) is 2.45. The number of hydrogen-bond donors (Lipinski definition) is 1. The average molecular weight is 663 g/mol. The number of hydrogen-bond acceptors (Lipinski definition) is 6. The predicted molar refractivity (Wildman–Crippen MR) is 157 cm³/mol. The fourth-order valence-electron chi connectivity index (χ4n) is 3.60. The summed E-state index contributed by atoms with van der Waals surface area (Å²) in [4.78, 5) is 17.0. The van der Waals surface area contributed by atoms with Crippen molar-refractivity contribution in [2.45, 2.75) is 6.61 Å². The van der Waals surface area contributed by atoms with Crippen molar-refractivity contribution in [1.29, 1.82) is 5.41 Å². The van der Waals surface area contributed by atoms with Crippen molar-refractivity contribution in [3.05, 3.63) is 96.5 Å². The SMILES string of the molecule is COc1cc(/C=C2/C(=N)N3N=C(c4ccccc4Cl)SC3=NC2=O)cc(I)c1OCc1ccc(Cl)cc1. The quantitative estimate of drug-likeness (QED) is 0.230. The molecule has 2 aliphatic heterocycles. The molecule has 37 heavy (non-hydrogen) atoms. The lowest BCUT2D eigenvalue weighted by atomic mass is 10.1. The second kappa shape index (κ2) is 10.9. The number of carbonyl (C=O) groups is 1. The average Bonchev–Trinajstić information content (AvgIpc) is 3.30. The van der Waals surface area contributed by atoms with Crippen molar-refractivity contribution in [1.82, 2.24) is 5.01 Å². The van der Waals surface area contributed by atoms with Gasteiger partial charge in [-0.25, -0.2) is 0 Å². The zero-order valence-electron chi connectivity index (χ0n) is 19.2. The van der Waals surface area contributed by atoms with Crippen LogP contribution in [0.4, 0.5) is 0 Å². The van der Waals surface area contributed by atoms with Gasteiger partial charge in [0.15, 0.2) is 17.3 Å². The molecule has 2 aliphatic rings. The summed E-state index contributed by atoms with van der Waals surface area (Å²) in [6.45, 7) is 0.336. The van der Waals surface area contributed by atoms with Gasteiger partial charge in [-0.15, -0.1) is 0 Å². The lowest BCUT2D eigenvalue weighted by molar-refractivity contribution is -0.114. The standard InChI is InChI=1S/C26H17Cl2IN4O3S/c1-35-21-12-15(11-20(29)22(21)36-13-14-6-8-16(27)9-7-14)10-18-23(30)33-26(31-24(18)34)37-25(32-33)17-4-2-3-5-19(17)28/h2-12,30H,13H2,1H3/b18-10-,30-23?. The molecule has 0 aromatic heterocycles. The van der Waals surface area contributed by atoms with E-state index in [1.165, 1.54) is 16.8 Å². The van der Waals surface area contributed by atoms with E-state index in [9.17, 15) is 4.79 Å². The first-order valence-electron chi connectivity index (χ1n) is 10.8. The Hall–Kier alpha value is -2.86. The third-order valence-corrected chi connectivity index (χ3v) is 7.74. The van der Waals surface area contributed by atoms with E-state index in [0.717, 1.165) is 9.13 Å². The van der Waals surface area contributed by atoms with Crippen LogP contribution in [0.15, 0.2) is 76.3 Å².